The van der Waals surface area contributed by atoms with Crippen molar-refractivity contribution < 1.29 is 37.0 Å². The molecule has 1 aromatic carbocycles. The Morgan fingerprint density at radius 2 is 1.89 bits per heavy atom. The Morgan fingerprint density at radius 3 is 2.53 bits per heavy atom. The quantitative estimate of drug-likeness (QED) is 0.195. The van der Waals surface area contributed by atoms with Crippen LogP contribution in [0.4, 0.5) is 5.69 Å². The highest BCUT2D eigenvalue weighted by atomic mass is 32.2. The second-order valence-corrected chi connectivity index (χ2v) is 11.0. The van der Waals surface area contributed by atoms with E-state index in [1.807, 2.05) is 49.6 Å². The number of carbonyl (C=O) groups is 2. The Kier molecular flexibility index (Phi) is 9.11. The van der Waals surface area contributed by atoms with Crippen molar-refractivity contribution in [2.45, 2.75) is 63.3 Å². The van der Waals surface area contributed by atoms with E-state index in [2.05, 4.69) is 4.90 Å². The average molecular weight is 543 g/mol. The van der Waals surface area contributed by atoms with Crippen molar-refractivity contribution in [1.82, 2.24) is 0 Å². The number of esters is 1. The van der Waals surface area contributed by atoms with Gasteiger partial charge in [-0.1, -0.05) is 26.3 Å². The van der Waals surface area contributed by atoms with Crippen LogP contribution in [0.15, 0.2) is 59.3 Å². The first kappa shape index (κ1) is 29.1. The van der Waals surface area contributed by atoms with Crippen LogP contribution in [0.25, 0.3) is 6.08 Å². The van der Waals surface area contributed by atoms with Crippen LogP contribution >= 0.6 is 0 Å². The van der Waals surface area contributed by atoms with E-state index in [-0.39, 0.29) is 11.3 Å². The van der Waals surface area contributed by atoms with Gasteiger partial charge in [0.2, 0.25) is 5.69 Å². The molecule has 3 rings (SSSR count). The van der Waals surface area contributed by atoms with Crippen LogP contribution in [-0.2, 0) is 31.6 Å². The van der Waals surface area contributed by atoms with Crippen molar-refractivity contribution in [3.05, 3.63) is 71.2 Å². The molecule has 0 bridgehead atoms. The average Bonchev–Trinajstić information content (AvgIpc) is 3.08. The lowest BCUT2D eigenvalue weighted by molar-refractivity contribution is -0.695. The molecular weight excluding hydrogens is 508 g/mol. The second kappa shape index (κ2) is 11.9. The number of aromatic nitrogens is 1. The van der Waals surface area contributed by atoms with Crippen LogP contribution in [0, 0.1) is 0 Å². The number of aliphatic carboxylic acids is 1. The van der Waals surface area contributed by atoms with Crippen molar-refractivity contribution >= 4 is 33.8 Å². The van der Waals surface area contributed by atoms with Gasteiger partial charge in [0.1, 0.15) is 22.2 Å². The fraction of sp³-hybridized carbons (Fsp3) is 0.393. The summed E-state index contributed by atoms with van der Waals surface area (Å²) in [5.74, 6) is -1.23. The van der Waals surface area contributed by atoms with E-state index in [0.717, 1.165) is 35.5 Å². The van der Waals surface area contributed by atoms with E-state index < -0.39 is 27.5 Å². The molecule has 0 radical (unpaired) electrons. The summed E-state index contributed by atoms with van der Waals surface area (Å²) in [5, 5.41) is 8.91. The van der Waals surface area contributed by atoms with Crippen molar-refractivity contribution in [3.8, 4) is 0 Å². The van der Waals surface area contributed by atoms with Crippen molar-refractivity contribution in [2.75, 3.05) is 18.6 Å². The van der Waals surface area contributed by atoms with Gasteiger partial charge in [0, 0.05) is 41.9 Å². The maximum atomic E-state index is 11.9. The lowest BCUT2D eigenvalue weighted by Gasteiger charge is -2.27. The number of ether oxygens (including phenoxy) is 1. The molecule has 2 heterocycles. The number of fused-ring (bicyclic) bond motifs is 1. The number of allylic oxidation sites excluding steroid dienone is 3. The summed E-state index contributed by atoms with van der Waals surface area (Å²) in [6, 6.07) is 8.00. The molecule has 1 aromatic heterocycles. The van der Waals surface area contributed by atoms with Gasteiger partial charge in [-0.2, -0.15) is 4.57 Å². The minimum absolute atomic E-state index is 0.116. The number of hydrogen-bond acceptors (Lipinski definition) is 7. The molecule has 2 aromatic rings. The molecule has 1 aliphatic rings. The summed E-state index contributed by atoms with van der Waals surface area (Å²) in [6.07, 6.45) is 9.71. The minimum Gasteiger partial charge on any atom is -0.744 e. The molecule has 0 atom stereocenters. The summed E-state index contributed by atoms with van der Waals surface area (Å²) in [4.78, 5) is 24.6. The highest BCUT2D eigenvalue weighted by molar-refractivity contribution is 7.85. The Labute approximate surface area is 223 Å². The number of unbranched alkanes of at least 4 members (excludes halogenated alkanes) is 2. The number of carbonyl (C=O) groups excluding carboxylic acids is 1. The Morgan fingerprint density at radius 1 is 1.16 bits per heavy atom. The molecule has 0 amide bonds. The highest BCUT2D eigenvalue weighted by Crippen LogP contribution is 2.48. The number of anilines is 1. The molecular formula is C28H34N2O7S. The van der Waals surface area contributed by atoms with Gasteiger partial charge in [-0.3, -0.25) is 4.79 Å². The predicted octanol–water partition coefficient (Wildman–Crippen LogP) is 4.02. The van der Waals surface area contributed by atoms with Gasteiger partial charge in [-0.25, -0.2) is 13.2 Å². The number of aryl methyl sites for hydroxylation is 1. The molecule has 0 spiro atoms. The highest BCUT2D eigenvalue weighted by Gasteiger charge is 2.40. The summed E-state index contributed by atoms with van der Waals surface area (Å²) in [5.41, 5.74) is 3.24. The molecule has 0 aliphatic carbocycles. The Bertz CT molecular complexity index is 1380. The van der Waals surface area contributed by atoms with Crippen LogP contribution in [0.3, 0.4) is 0 Å². The number of hydrogen-bond donors (Lipinski definition) is 1. The minimum atomic E-state index is -4.61. The van der Waals surface area contributed by atoms with Gasteiger partial charge in [0.15, 0.2) is 6.20 Å². The number of benzene rings is 1. The largest absolute Gasteiger partial charge is 0.744 e. The van der Waals surface area contributed by atoms with Gasteiger partial charge in [-0.15, -0.1) is 0 Å². The van der Waals surface area contributed by atoms with Gasteiger partial charge in [-0.05, 0) is 55.7 Å². The summed E-state index contributed by atoms with van der Waals surface area (Å²) >= 11 is 0. The van der Waals surface area contributed by atoms with Gasteiger partial charge in [0.05, 0.1) is 12.0 Å². The summed E-state index contributed by atoms with van der Waals surface area (Å²) in [7, 11) is -3.27. The molecule has 1 aliphatic heterocycles. The molecule has 38 heavy (non-hydrogen) atoms. The Balaban J connectivity index is 1.96. The van der Waals surface area contributed by atoms with Crippen molar-refractivity contribution in [2.24, 2.45) is 0 Å². The monoisotopic (exact) mass is 542 g/mol. The zero-order valence-corrected chi connectivity index (χ0v) is 23.0. The van der Waals surface area contributed by atoms with Crippen LogP contribution in [-0.4, -0.2) is 43.7 Å². The van der Waals surface area contributed by atoms with Crippen LogP contribution in [0.2, 0.25) is 0 Å². The summed E-state index contributed by atoms with van der Waals surface area (Å²) in [6.45, 7) is 7.19. The molecule has 0 unspecified atom stereocenters. The third-order valence-electron chi connectivity index (χ3n) is 6.77. The van der Waals surface area contributed by atoms with E-state index in [9.17, 15) is 22.6 Å². The zero-order chi connectivity index (χ0) is 28.1. The van der Waals surface area contributed by atoms with Crippen LogP contribution < -0.4 is 9.47 Å². The first-order valence-electron chi connectivity index (χ1n) is 12.5. The second-order valence-electron chi connectivity index (χ2n) is 9.65. The van der Waals surface area contributed by atoms with E-state index in [0.29, 0.717) is 25.1 Å². The topological polar surface area (TPSA) is 128 Å². The number of rotatable bonds is 11. The van der Waals surface area contributed by atoms with Crippen molar-refractivity contribution in [3.63, 3.8) is 0 Å². The molecule has 204 valence electrons. The summed E-state index contributed by atoms with van der Waals surface area (Å²) < 4.78 is 41.9. The fourth-order valence-corrected chi connectivity index (χ4v) is 5.23. The third-order valence-corrected chi connectivity index (χ3v) is 7.60. The van der Waals surface area contributed by atoms with E-state index in [4.69, 9.17) is 9.84 Å². The van der Waals surface area contributed by atoms with E-state index >= 15 is 0 Å². The number of carboxylic acid groups (broad SMARTS) is 1. The van der Waals surface area contributed by atoms with Crippen molar-refractivity contribution in [1.29, 1.82) is 0 Å². The molecule has 10 heteroatoms. The van der Waals surface area contributed by atoms with Gasteiger partial charge in [0.25, 0.3) is 0 Å². The standard InChI is InChI=1S/C28H34N2O7S/c1-5-29-19-20(27(33)37-4)13-14-21(29)10-9-11-25-28(2,3)23-18-22(38(34,35)36)15-16-24(23)30(25)17-8-6-7-12-26(31)32/h9-11,13-16,18-19H,5-8,12,17H2,1-4H3,(H-,31,32,34,35,36). The molecule has 0 fully saturated rings. The number of pyridine rings is 1. The van der Waals surface area contributed by atoms with Gasteiger partial charge >= 0.3 is 11.9 Å². The van der Waals surface area contributed by atoms with E-state index in [1.165, 1.54) is 19.2 Å². The maximum absolute atomic E-state index is 11.9. The van der Waals surface area contributed by atoms with Crippen LogP contribution in [0.5, 0.6) is 0 Å². The third kappa shape index (κ3) is 6.49. The Hall–Kier alpha value is -3.50. The molecule has 1 N–H and O–H groups in total. The fourth-order valence-electron chi connectivity index (χ4n) is 4.73. The smallest absolute Gasteiger partial charge is 0.343 e. The number of nitrogens with zero attached hydrogens (tertiary/aromatic N) is 2. The lowest BCUT2D eigenvalue weighted by Crippen LogP contribution is -2.36. The molecule has 9 nitrogen and oxygen atoms in total. The molecule has 0 saturated carbocycles. The number of methoxy groups -OCH3 is 1. The SMILES string of the molecule is CC[n+]1cc(C(=O)OC)ccc1/C=C/C=C1\N(CCCCCC(=O)O)c2ccc(S(=O)(=O)[O-])cc2C1(C)C. The van der Waals surface area contributed by atoms with Crippen LogP contribution in [0.1, 0.15) is 68.1 Å². The number of carboxylic acids is 1. The zero-order valence-electron chi connectivity index (χ0n) is 22.1. The maximum Gasteiger partial charge on any atom is 0.343 e. The predicted molar refractivity (Wildman–Crippen MR) is 142 cm³/mol. The first-order valence-corrected chi connectivity index (χ1v) is 13.9. The van der Waals surface area contributed by atoms with E-state index in [1.54, 1.807) is 18.3 Å². The lowest BCUT2D eigenvalue weighted by atomic mass is 9.83. The molecule has 0 saturated heterocycles. The van der Waals surface area contributed by atoms with Gasteiger partial charge < -0.3 is 19.3 Å². The normalized spacial score (nSPS) is 15.7. The first-order chi connectivity index (χ1) is 17.9.